The number of carbonyl (C=O) groups excluding carboxylic acids is 2. The highest BCUT2D eigenvalue weighted by Gasteiger charge is 2.39. The van der Waals surface area contributed by atoms with Crippen LogP contribution in [0.5, 0.6) is 0 Å². The first-order valence-electron chi connectivity index (χ1n) is 9.83. The SMILES string of the molecule is CCc1cccc(C)c1N1CC(C(=O)N(CC)C2CCOCC2)CC1=O. The van der Waals surface area contributed by atoms with Gasteiger partial charge in [-0.1, -0.05) is 25.1 Å². The predicted octanol–water partition coefficient (Wildman–Crippen LogP) is 2.94. The lowest BCUT2D eigenvalue weighted by molar-refractivity contribution is -0.139. The molecule has 3 rings (SSSR count). The fourth-order valence-corrected chi connectivity index (χ4v) is 4.31. The van der Waals surface area contributed by atoms with Gasteiger partial charge in [-0.2, -0.15) is 0 Å². The van der Waals surface area contributed by atoms with E-state index in [0.29, 0.717) is 32.7 Å². The van der Waals surface area contributed by atoms with Crippen LogP contribution in [0.1, 0.15) is 44.2 Å². The number of hydrogen-bond acceptors (Lipinski definition) is 3. The van der Waals surface area contributed by atoms with E-state index in [-0.39, 0.29) is 23.8 Å². The molecule has 5 heteroatoms. The molecule has 0 saturated carbocycles. The van der Waals surface area contributed by atoms with Crippen molar-refractivity contribution in [1.29, 1.82) is 0 Å². The second kappa shape index (κ2) is 8.21. The van der Waals surface area contributed by atoms with E-state index in [0.717, 1.165) is 30.5 Å². The molecule has 0 spiro atoms. The first-order chi connectivity index (χ1) is 12.6. The van der Waals surface area contributed by atoms with E-state index in [1.165, 1.54) is 5.56 Å². The minimum Gasteiger partial charge on any atom is -0.381 e. The summed E-state index contributed by atoms with van der Waals surface area (Å²) >= 11 is 0. The Hall–Kier alpha value is -1.88. The van der Waals surface area contributed by atoms with Gasteiger partial charge in [-0.15, -0.1) is 0 Å². The van der Waals surface area contributed by atoms with Gasteiger partial charge < -0.3 is 14.5 Å². The molecule has 0 aromatic heterocycles. The quantitative estimate of drug-likeness (QED) is 0.813. The van der Waals surface area contributed by atoms with E-state index >= 15 is 0 Å². The number of para-hydroxylation sites is 1. The lowest BCUT2D eigenvalue weighted by atomic mass is 10.0. The molecule has 0 radical (unpaired) electrons. The molecule has 2 fully saturated rings. The molecule has 1 atom stereocenters. The van der Waals surface area contributed by atoms with E-state index in [2.05, 4.69) is 13.0 Å². The Labute approximate surface area is 156 Å². The van der Waals surface area contributed by atoms with Gasteiger partial charge in [-0.25, -0.2) is 0 Å². The third-order valence-corrected chi connectivity index (χ3v) is 5.70. The summed E-state index contributed by atoms with van der Waals surface area (Å²) in [4.78, 5) is 29.7. The lowest BCUT2D eigenvalue weighted by Gasteiger charge is -2.35. The average molecular weight is 358 g/mol. The number of rotatable bonds is 5. The molecule has 1 aromatic carbocycles. The molecule has 1 aromatic rings. The first kappa shape index (κ1) is 18.9. The summed E-state index contributed by atoms with van der Waals surface area (Å²) in [6.07, 6.45) is 2.97. The van der Waals surface area contributed by atoms with Crippen LogP contribution in [0.3, 0.4) is 0 Å². The summed E-state index contributed by atoms with van der Waals surface area (Å²) in [5.41, 5.74) is 3.27. The smallest absolute Gasteiger partial charge is 0.228 e. The number of hydrogen-bond donors (Lipinski definition) is 0. The number of benzene rings is 1. The second-order valence-electron chi connectivity index (χ2n) is 7.31. The number of anilines is 1. The van der Waals surface area contributed by atoms with E-state index < -0.39 is 0 Å². The molecule has 1 unspecified atom stereocenters. The van der Waals surface area contributed by atoms with Crippen molar-refractivity contribution in [2.75, 3.05) is 31.2 Å². The van der Waals surface area contributed by atoms with Crippen LogP contribution in [-0.2, 0) is 20.7 Å². The van der Waals surface area contributed by atoms with Crippen molar-refractivity contribution in [2.45, 2.75) is 52.5 Å². The molecule has 5 nitrogen and oxygen atoms in total. The van der Waals surface area contributed by atoms with Crippen molar-refractivity contribution in [3.63, 3.8) is 0 Å². The second-order valence-corrected chi connectivity index (χ2v) is 7.31. The third kappa shape index (κ3) is 3.63. The molecule has 2 aliphatic rings. The number of amides is 2. The summed E-state index contributed by atoms with van der Waals surface area (Å²) in [5.74, 6) is -0.0492. The molecule has 2 aliphatic heterocycles. The van der Waals surface area contributed by atoms with Crippen molar-refractivity contribution in [3.05, 3.63) is 29.3 Å². The van der Waals surface area contributed by atoms with Crippen molar-refractivity contribution in [3.8, 4) is 0 Å². The number of aryl methyl sites for hydroxylation is 2. The number of nitrogens with zero attached hydrogens (tertiary/aromatic N) is 2. The zero-order chi connectivity index (χ0) is 18.7. The maximum atomic E-state index is 13.1. The van der Waals surface area contributed by atoms with Crippen LogP contribution in [0.2, 0.25) is 0 Å². The van der Waals surface area contributed by atoms with Crippen LogP contribution in [0, 0.1) is 12.8 Å². The molecule has 26 heavy (non-hydrogen) atoms. The van der Waals surface area contributed by atoms with Crippen LogP contribution in [0.25, 0.3) is 0 Å². The normalized spacial score (nSPS) is 21.3. The minimum atomic E-state index is -0.241. The maximum Gasteiger partial charge on any atom is 0.228 e. The molecular weight excluding hydrogens is 328 g/mol. The van der Waals surface area contributed by atoms with Crippen LogP contribution in [0.4, 0.5) is 5.69 Å². The van der Waals surface area contributed by atoms with E-state index in [1.807, 2.05) is 35.8 Å². The largest absolute Gasteiger partial charge is 0.381 e. The summed E-state index contributed by atoms with van der Waals surface area (Å²) in [6, 6.07) is 6.39. The van der Waals surface area contributed by atoms with Crippen molar-refractivity contribution in [1.82, 2.24) is 4.90 Å². The molecule has 2 saturated heterocycles. The minimum absolute atomic E-state index is 0.0652. The maximum absolute atomic E-state index is 13.1. The molecule has 2 heterocycles. The highest BCUT2D eigenvalue weighted by atomic mass is 16.5. The summed E-state index contributed by atoms with van der Waals surface area (Å²) in [6.45, 7) is 8.79. The summed E-state index contributed by atoms with van der Waals surface area (Å²) in [7, 11) is 0. The molecular formula is C21H30N2O3. The molecule has 0 N–H and O–H groups in total. The number of ether oxygens (including phenoxy) is 1. The van der Waals surface area contributed by atoms with E-state index in [4.69, 9.17) is 4.74 Å². The summed E-state index contributed by atoms with van der Waals surface area (Å²) in [5, 5.41) is 0. The zero-order valence-electron chi connectivity index (χ0n) is 16.2. The first-order valence-corrected chi connectivity index (χ1v) is 9.83. The third-order valence-electron chi connectivity index (χ3n) is 5.70. The molecule has 2 amide bonds. The number of carbonyl (C=O) groups is 2. The van der Waals surface area contributed by atoms with E-state index in [1.54, 1.807) is 0 Å². The van der Waals surface area contributed by atoms with Gasteiger partial charge in [0.15, 0.2) is 0 Å². The zero-order valence-corrected chi connectivity index (χ0v) is 16.2. The van der Waals surface area contributed by atoms with Gasteiger partial charge in [-0.05, 0) is 44.2 Å². The molecule has 0 bridgehead atoms. The monoisotopic (exact) mass is 358 g/mol. The van der Waals surface area contributed by atoms with Crippen molar-refractivity contribution in [2.24, 2.45) is 5.92 Å². The van der Waals surface area contributed by atoms with Crippen LogP contribution in [-0.4, -0.2) is 49.1 Å². The highest BCUT2D eigenvalue weighted by Crippen LogP contribution is 2.32. The fraction of sp³-hybridized carbons (Fsp3) is 0.619. The van der Waals surface area contributed by atoms with E-state index in [9.17, 15) is 9.59 Å². The van der Waals surface area contributed by atoms with Crippen LogP contribution >= 0.6 is 0 Å². The Balaban J connectivity index is 1.78. The fourth-order valence-electron chi connectivity index (χ4n) is 4.31. The molecule has 0 aliphatic carbocycles. The Morgan fingerprint density at radius 1 is 1.27 bits per heavy atom. The van der Waals surface area contributed by atoms with Crippen LogP contribution in [0.15, 0.2) is 18.2 Å². The summed E-state index contributed by atoms with van der Waals surface area (Å²) < 4.78 is 5.43. The van der Waals surface area contributed by atoms with Gasteiger partial charge in [0.2, 0.25) is 11.8 Å². The van der Waals surface area contributed by atoms with Gasteiger partial charge in [0, 0.05) is 44.5 Å². The Morgan fingerprint density at radius 2 is 2.00 bits per heavy atom. The van der Waals surface area contributed by atoms with Gasteiger partial charge >= 0.3 is 0 Å². The predicted molar refractivity (Wildman–Crippen MR) is 102 cm³/mol. The van der Waals surface area contributed by atoms with Crippen molar-refractivity contribution < 1.29 is 14.3 Å². The highest BCUT2D eigenvalue weighted by molar-refractivity contribution is 6.01. The van der Waals surface area contributed by atoms with Crippen molar-refractivity contribution >= 4 is 17.5 Å². The van der Waals surface area contributed by atoms with Crippen LogP contribution < -0.4 is 4.90 Å². The van der Waals surface area contributed by atoms with Gasteiger partial charge in [0.25, 0.3) is 0 Å². The Kier molecular flexibility index (Phi) is 5.97. The average Bonchev–Trinajstić information content (AvgIpc) is 3.04. The van der Waals surface area contributed by atoms with Gasteiger partial charge in [0.1, 0.15) is 0 Å². The standard InChI is InChI=1S/C21H30N2O3/c1-4-16-8-6-7-15(3)20(16)23-14-17(13-19(23)24)21(25)22(5-2)18-9-11-26-12-10-18/h6-8,17-18H,4-5,9-14H2,1-3H3. The van der Waals surface area contributed by atoms with Gasteiger partial charge in [-0.3, -0.25) is 9.59 Å². The Morgan fingerprint density at radius 3 is 2.65 bits per heavy atom. The Bertz CT molecular complexity index is 667. The topological polar surface area (TPSA) is 49.9 Å². The lowest BCUT2D eigenvalue weighted by Crippen LogP contribution is -2.46. The molecule has 142 valence electrons. The van der Waals surface area contributed by atoms with Gasteiger partial charge in [0.05, 0.1) is 5.92 Å².